The number of hydrogen-bond donors (Lipinski definition) is 0. The van der Waals surface area contributed by atoms with E-state index in [2.05, 4.69) is 21.9 Å². The number of halogens is 1. The van der Waals surface area contributed by atoms with Crippen molar-refractivity contribution in [1.82, 2.24) is 4.90 Å². The van der Waals surface area contributed by atoms with Gasteiger partial charge in [0.1, 0.15) is 5.82 Å². The Morgan fingerprint density at radius 1 is 0.758 bits per heavy atom. The molecular formula is C27H28FN3OS. The van der Waals surface area contributed by atoms with Gasteiger partial charge in [-0.15, -0.1) is 0 Å². The van der Waals surface area contributed by atoms with Gasteiger partial charge in [0.05, 0.1) is 11.3 Å². The van der Waals surface area contributed by atoms with E-state index in [4.69, 9.17) is 0 Å². The zero-order chi connectivity index (χ0) is 22.6. The lowest BCUT2D eigenvalue weighted by atomic mass is 10.1. The number of para-hydroxylation sites is 1. The highest BCUT2D eigenvalue weighted by Gasteiger charge is 2.26. The minimum atomic E-state index is -0.190. The van der Waals surface area contributed by atoms with Crippen LogP contribution in [0.5, 0.6) is 0 Å². The minimum Gasteiger partial charge on any atom is -0.369 e. The average molecular weight is 462 g/mol. The first-order valence-corrected chi connectivity index (χ1v) is 12.4. The zero-order valence-electron chi connectivity index (χ0n) is 18.6. The molecule has 3 aromatic carbocycles. The molecule has 5 rings (SSSR count). The monoisotopic (exact) mass is 461 g/mol. The summed E-state index contributed by atoms with van der Waals surface area (Å²) < 4.78 is 13.2. The van der Waals surface area contributed by atoms with Crippen LogP contribution in [0.25, 0.3) is 0 Å². The molecule has 170 valence electrons. The summed E-state index contributed by atoms with van der Waals surface area (Å²) in [4.78, 5) is 22.3. The fourth-order valence-electron chi connectivity index (χ4n) is 4.58. The summed E-state index contributed by atoms with van der Waals surface area (Å²) in [6.45, 7) is 5.68. The summed E-state index contributed by atoms with van der Waals surface area (Å²) in [5.74, 6) is -0.0963. The van der Waals surface area contributed by atoms with Gasteiger partial charge in [-0.05, 0) is 67.9 Å². The van der Waals surface area contributed by atoms with Crippen LogP contribution >= 0.6 is 11.8 Å². The van der Waals surface area contributed by atoms with E-state index in [1.54, 1.807) is 11.8 Å². The van der Waals surface area contributed by atoms with Crippen molar-refractivity contribution in [2.45, 2.75) is 22.6 Å². The van der Waals surface area contributed by atoms with Crippen LogP contribution in [0.3, 0.4) is 0 Å². The maximum absolute atomic E-state index is 13.4. The van der Waals surface area contributed by atoms with Crippen molar-refractivity contribution in [3.05, 3.63) is 84.2 Å². The molecule has 0 N–H and O–H groups in total. The third-order valence-corrected chi connectivity index (χ3v) is 7.55. The van der Waals surface area contributed by atoms with Gasteiger partial charge in [0.25, 0.3) is 5.91 Å². The van der Waals surface area contributed by atoms with Crippen molar-refractivity contribution in [1.29, 1.82) is 0 Å². The molecule has 2 heterocycles. The van der Waals surface area contributed by atoms with E-state index in [1.165, 1.54) is 12.1 Å². The third kappa shape index (κ3) is 4.92. The zero-order valence-corrected chi connectivity index (χ0v) is 19.4. The largest absolute Gasteiger partial charge is 0.369 e. The van der Waals surface area contributed by atoms with Crippen molar-refractivity contribution >= 4 is 29.0 Å². The lowest BCUT2D eigenvalue weighted by molar-refractivity contribution is 0.0983. The normalized spacial score (nSPS) is 16.3. The number of benzene rings is 3. The molecular weight excluding hydrogens is 433 g/mol. The van der Waals surface area contributed by atoms with Crippen LogP contribution in [0.2, 0.25) is 0 Å². The van der Waals surface area contributed by atoms with Crippen LogP contribution in [0.15, 0.2) is 82.6 Å². The summed E-state index contributed by atoms with van der Waals surface area (Å²) >= 11 is 1.68. The molecule has 2 aliphatic heterocycles. The number of unbranched alkanes of at least 4 members (excludes halogenated alkanes) is 1. The Kier molecular flexibility index (Phi) is 6.65. The van der Waals surface area contributed by atoms with Gasteiger partial charge in [-0.2, -0.15) is 0 Å². The van der Waals surface area contributed by atoms with Gasteiger partial charge in [-0.1, -0.05) is 36.0 Å². The molecule has 0 spiro atoms. The SMILES string of the molecule is O=C1c2ccccc2Sc2ccccc2N1CCCCN1CCN(c2ccc(F)cc2)CC1. The van der Waals surface area contributed by atoms with Gasteiger partial charge in [0.15, 0.2) is 0 Å². The molecule has 33 heavy (non-hydrogen) atoms. The Morgan fingerprint density at radius 2 is 1.42 bits per heavy atom. The first kappa shape index (κ1) is 22.0. The van der Waals surface area contributed by atoms with E-state index in [9.17, 15) is 9.18 Å². The van der Waals surface area contributed by atoms with E-state index in [0.29, 0.717) is 0 Å². The summed E-state index contributed by atoms with van der Waals surface area (Å²) in [7, 11) is 0. The first-order chi connectivity index (χ1) is 16.2. The average Bonchev–Trinajstić information content (AvgIpc) is 2.97. The lowest BCUT2D eigenvalue weighted by Crippen LogP contribution is -2.46. The number of carbonyl (C=O) groups excluding carboxylic acids is 1. The van der Waals surface area contributed by atoms with Crippen molar-refractivity contribution in [2.75, 3.05) is 49.1 Å². The van der Waals surface area contributed by atoms with Gasteiger partial charge >= 0.3 is 0 Å². The van der Waals surface area contributed by atoms with E-state index in [0.717, 1.165) is 78.8 Å². The Labute approximate surface area is 199 Å². The number of nitrogens with zero attached hydrogens (tertiary/aromatic N) is 3. The summed E-state index contributed by atoms with van der Waals surface area (Å²) in [5.41, 5.74) is 2.89. The minimum absolute atomic E-state index is 0.0935. The molecule has 1 fully saturated rings. The number of hydrogen-bond acceptors (Lipinski definition) is 4. The summed E-state index contributed by atoms with van der Waals surface area (Å²) in [5, 5.41) is 0. The standard InChI is InChI=1S/C27H28FN3OS/c28-21-11-13-22(14-12-21)30-19-17-29(18-20-30)15-5-6-16-31-24-8-2-4-10-26(24)33-25-9-3-1-7-23(25)27(31)32/h1-4,7-14H,5-6,15-20H2. The third-order valence-electron chi connectivity index (χ3n) is 6.41. The Bertz CT molecular complexity index is 1110. The lowest BCUT2D eigenvalue weighted by Gasteiger charge is -2.36. The first-order valence-electron chi connectivity index (χ1n) is 11.6. The molecule has 0 unspecified atom stereocenters. The van der Waals surface area contributed by atoms with E-state index in [1.807, 2.05) is 53.4 Å². The van der Waals surface area contributed by atoms with E-state index < -0.39 is 0 Å². The molecule has 6 heteroatoms. The van der Waals surface area contributed by atoms with Gasteiger partial charge in [-0.25, -0.2) is 4.39 Å². The maximum atomic E-state index is 13.4. The van der Waals surface area contributed by atoms with E-state index >= 15 is 0 Å². The molecule has 0 radical (unpaired) electrons. The number of amides is 1. The predicted octanol–water partition coefficient (Wildman–Crippen LogP) is 5.54. The quantitative estimate of drug-likeness (QED) is 0.451. The molecule has 0 saturated carbocycles. The van der Waals surface area contributed by atoms with E-state index in [-0.39, 0.29) is 11.7 Å². The molecule has 1 amide bonds. The predicted molar refractivity (Wildman–Crippen MR) is 133 cm³/mol. The van der Waals surface area contributed by atoms with Crippen molar-refractivity contribution in [2.24, 2.45) is 0 Å². The van der Waals surface area contributed by atoms with Crippen LogP contribution in [-0.4, -0.2) is 50.1 Å². The second-order valence-electron chi connectivity index (χ2n) is 8.53. The molecule has 2 aliphatic rings. The van der Waals surface area contributed by atoms with Crippen LogP contribution in [0.1, 0.15) is 23.2 Å². The number of piperazine rings is 1. The van der Waals surface area contributed by atoms with Gasteiger partial charge < -0.3 is 9.80 Å². The fourth-order valence-corrected chi connectivity index (χ4v) is 5.66. The Hall–Kier alpha value is -2.83. The number of anilines is 2. The smallest absolute Gasteiger partial charge is 0.259 e. The van der Waals surface area contributed by atoms with Crippen LogP contribution in [-0.2, 0) is 0 Å². The molecule has 4 nitrogen and oxygen atoms in total. The van der Waals surface area contributed by atoms with Crippen LogP contribution < -0.4 is 9.80 Å². The highest BCUT2D eigenvalue weighted by molar-refractivity contribution is 7.99. The summed E-state index contributed by atoms with van der Waals surface area (Å²) in [6, 6.07) is 22.9. The number of carbonyl (C=O) groups is 1. The Morgan fingerprint density at radius 3 is 2.21 bits per heavy atom. The molecule has 0 aliphatic carbocycles. The highest BCUT2D eigenvalue weighted by Crippen LogP contribution is 2.41. The number of fused-ring (bicyclic) bond motifs is 2. The second-order valence-corrected chi connectivity index (χ2v) is 9.62. The van der Waals surface area contributed by atoms with Crippen molar-refractivity contribution in [3.8, 4) is 0 Å². The summed E-state index contributed by atoms with van der Waals surface area (Å²) in [6.07, 6.45) is 2.02. The van der Waals surface area contributed by atoms with Crippen molar-refractivity contribution in [3.63, 3.8) is 0 Å². The number of rotatable bonds is 6. The Balaban J connectivity index is 1.16. The molecule has 1 saturated heterocycles. The van der Waals surface area contributed by atoms with Gasteiger partial charge in [0, 0.05) is 48.2 Å². The van der Waals surface area contributed by atoms with Gasteiger partial charge in [0.2, 0.25) is 0 Å². The second kappa shape index (κ2) is 9.98. The van der Waals surface area contributed by atoms with Crippen LogP contribution in [0.4, 0.5) is 15.8 Å². The molecule has 0 atom stereocenters. The highest BCUT2D eigenvalue weighted by atomic mass is 32.2. The van der Waals surface area contributed by atoms with Crippen LogP contribution in [0, 0.1) is 5.82 Å². The van der Waals surface area contributed by atoms with Gasteiger partial charge in [-0.3, -0.25) is 9.69 Å². The maximum Gasteiger partial charge on any atom is 0.259 e. The molecule has 0 aromatic heterocycles. The topological polar surface area (TPSA) is 26.8 Å². The fraction of sp³-hybridized carbons (Fsp3) is 0.296. The van der Waals surface area contributed by atoms with Crippen molar-refractivity contribution < 1.29 is 9.18 Å². The molecule has 3 aromatic rings. The molecule has 0 bridgehead atoms.